The Balaban J connectivity index is 0.00000141. The molecule has 4 heteroatoms. The molecule has 0 fully saturated rings. The summed E-state index contributed by atoms with van der Waals surface area (Å²) in [5.41, 5.74) is 1.21. The molecule has 0 aliphatic carbocycles. The van der Waals surface area contributed by atoms with Crippen molar-refractivity contribution in [2.75, 3.05) is 0 Å². The van der Waals surface area contributed by atoms with Crippen molar-refractivity contribution < 1.29 is 15.0 Å². The first-order valence-electron chi connectivity index (χ1n) is 10.0. The van der Waals surface area contributed by atoms with Crippen molar-refractivity contribution in [2.45, 2.75) is 79.5 Å². The molecule has 0 aliphatic rings. The van der Waals surface area contributed by atoms with Crippen LogP contribution >= 0.6 is 0 Å². The van der Waals surface area contributed by atoms with E-state index in [9.17, 15) is 5.11 Å². The van der Waals surface area contributed by atoms with Gasteiger partial charge in [0.1, 0.15) is 0 Å². The first kappa shape index (κ1) is 25.0. The summed E-state index contributed by atoms with van der Waals surface area (Å²) >= 11 is -2.42. The van der Waals surface area contributed by atoms with Crippen LogP contribution in [-0.4, -0.2) is 34.6 Å². The zero-order valence-corrected chi connectivity index (χ0v) is 20.0. The monoisotopic (exact) mass is 470 g/mol. The van der Waals surface area contributed by atoms with Crippen molar-refractivity contribution in [1.82, 2.24) is 0 Å². The van der Waals surface area contributed by atoms with Gasteiger partial charge in [0.15, 0.2) is 0 Å². The molecule has 0 saturated carbocycles. The first-order valence-corrected chi connectivity index (χ1v) is 17.5. The summed E-state index contributed by atoms with van der Waals surface area (Å²) < 4.78 is 5.74. The fraction of sp³-hybridized carbons (Fsp3) is 0.591. The van der Waals surface area contributed by atoms with Crippen LogP contribution in [-0.2, 0) is 4.79 Å². The standard InChI is InChI=1S/C8H7O.3C4H9.C2H4O2.Sn/c1-2-7-4-3-5-8(9)6-7;3*1-3-4-2;1-2(3)4;/h3-6,9H,1H2;3*1,3-4H2,2H3;1H3,(H,3,4);. The molecular weight excluding hydrogens is 431 g/mol. The Hall–Kier alpha value is -0.971. The number of hydrogen-bond acceptors (Lipinski definition) is 2. The van der Waals surface area contributed by atoms with Crippen LogP contribution in [0.25, 0.3) is 3.59 Å². The summed E-state index contributed by atoms with van der Waals surface area (Å²) in [4.78, 5) is 9.00. The van der Waals surface area contributed by atoms with E-state index >= 15 is 0 Å². The second kappa shape index (κ2) is 14.1. The average molecular weight is 469 g/mol. The molecule has 0 aliphatic heterocycles. The molecule has 1 aromatic rings. The summed E-state index contributed by atoms with van der Waals surface area (Å²) in [5, 5.41) is 17.3. The van der Waals surface area contributed by atoms with Gasteiger partial charge in [0.2, 0.25) is 0 Å². The number of phenols is 1. The zero-order valence-electron chi connectivity index (χ0n) is 17.2. The molecule has 148 valence electrons. The number of phenolic OH excluding ortho intramolecular Hbond substituents is 1. The molecule has 3 nitrogen and oxygen atoms in total. The van der Waals surface area contributed by atoms with Crippen LogP contribution in [0.1, 0.15) is 71.8 Å². The van der Waals surface area contributed by atoms with Gasteiger partial charge in [-0.25, -0.2) is 0 Å². The number of aliphatic carboxylic acids is 1. The van der Waals surface area contributed by atoms with Crippen LogP contribution in [0, 0.1) is 0 Å². The Morgan fingerprint density at radius 2 is 1.42 bits per heavy atom. The number of carboxylic acids is 1. The number of rotatable bonds is 11. The second-order valence-electron chi connectivity index (χ2n) is 7.14. The SMILES string of the molecule is C=[C](c1cccc(O)c1)[Sn]([CH2]CCC)([CH2]CCC)[CH2]CCC.CC(=O)O. The smallest absolute Gasteiger partial charge is 0.300 e. The summed E-state index contributed by atoms with van der Waals surface area (Å²) in [5.74, 6) is -0.458. The zero-order chi connectivity index (χ0) is 20.0. The van der Waals surface area contributed by atoms with E-state index in [1.807, 2.05) is 12.1 Å². The first-order chi connectivity index (χ1) is 12.3. The maximum Gasteiger partial charge on any atom is 0.300 e. The summed E-state index contributed by atoms with van der Waals surface area (Å²) in [6.45, 7) is 12.6. The molecule has 1 rings (SSSR count). The van der Waals surface area contributed by atoms with Crippen molar-refractivity contribution in [3.05, 3.63) is 36.4 Å². The van der Waals surface area contributed by atoms with Gasteiger partial charge in [-0.3, -0.25) is 4.79 Å². The number of carboxylic acid groups (broad SMARTS) is 1. The van der Waals surface area contributed by atoms with E-state index in [1.165, 1.54) is 61.0 Å². The Morgan fingerprint density at radius 3 is 1.77 bits per heavy atom. The van der Waals surface area contributed by atoms with E-state index in [0.29, 0.717) is 5.75 Å². The largest absolute Gasteiger partial charge is 0.481 e. The third-order valence-corrected chi connectivity index (χ3v) is 20.6. The van der Waals surface area contributed by atoms with Crippen LogP contribution in [0.3, 0.4) is 0 Å². The minimum atomic E-state index is -2.42. The molecule has 0 bridgehead atoms. The Labute approximate surface area is 164 Å². The number of carbonyl (C=O) groups is 1. The molecule has 0 unspecified atom stereocenters. The maximum absolute atomic E-state index is 9.84. The second-order valence-corrected chi connectivity index (χ2v) is 20.5. The molecule has 0 radical (unpaired) electrons. The molecule has 0 atom stereocenters. The van der Waals surface area contributed by atoms with Gasteiger partial charge in [-0.1, -0.05) is 0 Å². The normalized spacial score (nSPS) is 10.8. The Bertz CT molecular complexity index is 514. The number of aromatic hydroxyl groups is 1. The van der Waals surface area contributed by atoms with Gasteiger partial charge >= 0.3 is 142 Å². The summed E-state index contributed by atoms with van der Waals surface area (Å²) in [6.07, 6.45) is 7.89. The number of hydrogen-bond donors (Lipinski definition) is 2. The van der Waals surface area contributed by atoms with Crippen LogP contribution in [0.2, 0.25) is 13.3 Å². The topological polar surface area (TPSA) is 57.5 Å². The van der Waals surface area contributed by atoms with Crippen LogP contribution in [0.5, 0.6) is 5.75 Å². The fourth-order valence-electron chi connectivity index (χ4n) is 3.37. The van der Waals surface area contributed by atoms with Gasteiger partial charge in [-0.15, -0.1) is 0 Å². The number of unbranched alkanes of at least 4 members (excludes halogenated alkanes) is 3. The molecule has 0 amide bonds. The van der Waals surface area contributed by atoms with Crippen molar-refractivity contribution in [3.8, 4) is 5.75 Å². The minimum absolute atomic E-state index is 0.375. The molecule has 0 heterocycles. The predicted octanol–water partition coefficient (Wildman–Crippen LogP) is 6.88. The average Bonchev–Trinajstić information content (AvgIpc) is 2.60. The predicted molar refractivity (Wildman–Crippen MR) is 115 cm³/mol. The fourth-order valence-corrected chi connectivity index (χ4v) is 19.1. The molecule has 1 aromatic carbocycles. The van der Waals surface area contributed by atoms with Gasteiger partial charge < -0.3 is 5.11 Å². The van der Waals surface area contributed by atoms with E-state index in [0.717, 1.165) is 6.92 Å². The van der Waals surface area contributed by atoms with E-state index in [2.05, 4.69) is 33.4 Å². The van der Waals surface area contributed by atoms with Gasteiger partial charge in [0.25, 0.3) is 5.97 Å². The van der Waals surface area contributed by atoms with Gasteiger partial charge in [-0.05, 0) is 0 Å². The van der Waals surface area contributed by atoms with E-state index in [-0.39, 0.29) is 0 Å². The molecule has 0 saturated heterocycles. The van der Waals surface area contributed by atoms with Crippen molar-refractivity contribution in [1.29, 1.82) is 0 Å². The molecule has 0 aromatic heterocycles. The summed E-state index contributed by atoms with van der Waals surface area (Å²) in [6, 6.07) is 7.81. The van der Waals surface area contributed by atoms with Gasteiger partial charge in [-0.2, -0.15) is 0 Å². The van der Waals surface area contributed by atoms with Crippen molar-refractivity contribution in [2.24, 2.45) is 0 Å². The van der Waals surface area contributed by atoms with Gasteiger partial charge in [0, 0.05) is 6.92 Å². The van der Waals surface area contributed by atoms with Crippen molar-refractivity contribution >= 4 is 27.9 Å². The molecule has 26 heavy (non-hydrogen) atoms. The Morgan fingerprint density at radius 1 is 1.00 bits per heavy atom. The van der Waals surface area contributed by atoms with E-state index < -0.39 is 24.3 Å². The van der Waals surface area contributed by atoms with Crippen LogP contribution < -0.4 is 0 Å². The van der Waals surface area contributed by atoms with Gasteiger partial charge in [0.05, 0.1) is 0 Å². The third-order valence-electron chi connectivity index (χ3n) is 4.86. The van der Waals surface area contributed by atoms with E-state index in [1.54, 1.807) is 6.07 Å². The quantitative estimate of drug-likeness (QED) is 0.347. The summed E-state index contributed by atoms with van der Waals surface area (Å²) in [7, 11) is 0. The van der Waals surface area contributed by atoms with Crippen molar-refractivity contribution in [3.63, 3.8) is 0 Å². The minimum Gasteiger partial charge on any atom is -0.481 e. The maximum atomic E-state index is 9.84. The molecule has 0 spiro atoms. The number of benzene rings is 1. The van der Waals surface area contributed by atoms with Crippen LogP contribution in [0.4, 0.5) is 0 Å². The van der Waals surface area contributed by atoms with Crippen LogP contribution in [0.15, 0.2) is 30.8 Å². The molecule has 2 N–H and O–H groups in total. The Kier molecular flexibility index (Phi) is 13.6. The molecular formula is C22H38O3Sn. The third kappa shape index (κ3) is 9.65. The van der Waals surface area contributed by atoms with E-state index in [4.69, 9.17) is 9.90 Å².